The molecule has 0 spiro atoms. The fraction of sp³-hybridized carbons (Fsp3) is 0.429. The number of aromatic nitrogens is 2. The van der Waals surface area contributed by atoms with Crippen molar-refractivity contribution in [1.82, 2.24) is 9.55 Å². The zero-order chi connectivity index (χ0) is 13.6. The second-order valence-corrected chi connectivity index (χ2v) is 5.04. The molecule has 2 aromatic rings. The third kappa shape index (κ3) is 1.95. The van der Waals surface area contributed by atoms with E-state index >= 15 is 0 Å². The van der Waals surface area contributed by atoms with E-state index in [0.29, 0.717) is 19.4 Å². The molecule has 1 aliphatic rings. The second kappa shape index (κ2) is 4.26. The molecule has 3 heterocycles. The number of imidazole rings is 1. The maximum absolute atomic E-state index is 11.2. The molecule has 100 valence electrons. The van der Waals surface area contributed by atoms with Crippen LogP contribution in [0.25, 0.3) is 11.5 Å². The molecule has 0 aromatic carbocycles. The van der Waals surface area contributed by atoms with Gasteiger partial charge in [0.15, 0.2) is 5.76 Å². The van der Waals surface area contributed by atoms with Crippen molar-refractivity contribution in [2.24, 2.45) is 5.92 Å². The summed E-state index contributed by atoms with van der Waals surface area (Å²) in [5.74, 6) is 1.42. The van der Waals surface area contributed by atoms with Crippen molar-refractivity contribution >= 4 is 5.97 Å². The molecule has 0 saturated heterocycles. The van der Waals surface area contributed by atoms with E-state index in [0.717, 1.165) is 28.7 Å². The summed E-state index contributed by atoms with van der Waals surface area (Å²) in [6.45, 7) is 4.55. The average Bonchev–Trinajstić information content (AvgIpc) is 2.93. The first-order valence-corrected chi connectivity index (χ1v) is 6.42. The maximum atomic E-state index is 11.2. The molecule has 0 amide bonds. The monoisotopic (exact) mass is 260 g/mol. The fourth-order valence-electron chi connectivity index (χ4n) is 2.70. The van der Waals surface area contributed by atoms with Crippen molar-refractivity contribution < 1.29 is 14.3 Å². The first kappa shape index (κ1) is 12.0. The summed E-state index contributed by atoms with van der Waals surface area (Å²) in [5.41, 5.74) is 1.77. The molecule has 1 N–H and O–H groups in total. The predicted octanol–water partition coefficient (Wildman–Crippen LogP) is 2.41. The van der Waals surface area contributed by atoms with Crippen LogP contribution in [0, 0.1) is 19.8 Å². The van der Waals surface area contributed by atoms with Crippen LogP contribution in [0.5, 0.6) is 0 Å². The highest BCUT2D eigenvalue weighted by atomic mass is 16.4. The smallest absolute Gasteiger partial charge is 0.306 e. The Morgan fingerprint density at radius 2 is 2.26 bits per heavy atom. The SMILES string of the molecule is Cc1ccc(-c2nc(C)n3c2CC(C(=O)O)CC3)o1. The summed E-state index contributed by atoms with van der Waals surface area (Å²) < 4.78 is 7.73. The van der Waals surface area contributed by atoms with Crippen LogP contribution in [0.3, 0.4) is 0 Å². The van der Waals surface area contributed by atoms with Gasteiger partial charge >= 0.3 is 5.97 Å². The lowest BCUT2D eigenvalue weighted by atomic mass is 9.95. The van der Waals surface area contributed by atoms with E-state index in [1.54, 1.807) is 0 Å². The molecule has 1 aliphatic heterocycles. The van der Waals surface area contributed by atoms with Crippen LogP contribution < -0.4 is 0 Å². The Balaban J connectivity index is 2.06. The number of carboxylic acid groups (broad SMARTS) is 1. The lowest BCUT2D eigenvalue weighted by Gasteiger charge is -2.22. The lowest BCUT2D eigenvalue weighted by molar-refractivity contribution is -0.142. The van der Waals surface area contributed by atoms with Crippen LogP contribution in [0.4, 0.5) is 0 Å². The van der Waals surface area contributed by atoms with Gasteiger partial charge in [-0.15, -0.1) is 0 Å². The van der Waals surface area contributed by atoms with Gasteiger partial charge in [0.25, 0.3) is 0 Å². The first-order valence-electron chi connectivity index (χ1n) is 6.42. The summed E-state index contributed by atoms with van der Waals surface area (Å²) >= 11 is 0. The summed E-state index contributed by atoms with van der Waals surface area (Å²) in [5, 5.41) is 9.18. The Bertz CT molecular complexity index is 639. The van der Waals surface area contributed by atoms with Gasteiger partial charge in [-0.3, -0.25) is 4.79 Å². The van der Waals surface area contributed by atoms with Crippen molar-refractivity contribution in [1.29, 1.82) is 0 Å². The van der Waals surface area contributed by atoms with E-state index < -0.39 is 5.97 Å². The number of furan rings is 1. The molecule has 3 rings (SSSR count). The van der Waals surface area contributed by atoms with Crippen LogP contribution in [-0.4, -0.2) is 20.6 Å². The first-order chi connectivity index (χ1) is 9.06. The highest BCUT2D eigenvalue weighted by Gasteiger charge is 2.29. The van der Waals surface area contributed by atoms with E-state index in [9.17, 15) is 9.90 Å². The predicted molar refractivity (Wildman–Crippen MR) is 68.8 cm³/mol. The van der Waals surface area contributed by atoms with Crippen molar-refractivity contribution in [2.75, 3.05) is 0 Å². The van der Waals surface area contributed by atoms with Gasteiger partial charge in [0.2, 0.25) is 0 Å². The van der Waals surface area contributed by atoms with E-state index in [1.807, 2.05) is 26.0 Å². The van der Waals surface area contributed by atoms with E-state index in [4.69, 9.17) is 4.42 Å². The molecule has 0 fully saturated rings. The van der Waals surface area contributed by atoms with Gasteiger partial charge in [0, 0.05) is 18.7 Å². The number of nitrogens with zero attached hydrogens (tertiary/aromatic N) is 2. The minimum absolute atomic E-state index is 0.321. The van der Waals surface area contributed by atoms with E-state index in [-0.39, 0.29) is 5.92 Å². The summed E-state index contributed by atoms with van der Waals surface area (Å²) in [4.78, 5) is 15.7. The molecule has 19 heavy (non-hydrogen) atoms. The Kier molecular flexibility index (Phi) is 2.69. The van der Waals surface area contributed by atoms with Crippen LogP contribution in [0.1, 0.15) is 23.7 Å². The van der Waals surface area contributed by atoms with E-state index in [2.05, 4.69) is 9.55 Å². The molecule has 0 bridgehead atoms. The number of aliphatic carboxylic acids is 1. The van der Waals surface area contributed by atoms with Crippen molar-refractivity contribution in [3.8, 4) is 11.5 Å². The van der Waals surface area contributed by atoms with Crippen molar-refractivity contribution in [3.05, 3.63) is 29.4 Å². The van der Waals surface area contributed by atoms with Gasteiger partial charge in [-0.2, -0.15) is 0 Å². The molecule has 0 saturated carbocycles. The fourth-order valence-corrected chi connectivity index (χ4v) is 2.70. The van der Waals surface area contributed by atoms with Crippen LogP contribution >= 0.6 is 0 Å². The number of hydrogen-bond donors (Lipinski definition) is 1. The Morgan fingerprint density at radius 1 is 1.47 bits per heavy atom. The van der Waals surface area contributed by atoms with Gasteiger partial charge in [0.1, 0.15) is 17.3 Å². The van der Waals surface area contributed by atoms with Gasteiger partial charge in [-0.05, 0) is 32.4 Å². The molecule has 0 radical (unpaired) electrons. The van der Waals surface area contributed by atoms with Crippen LogP contribution in [-0.2, 0) is 17.8 Å². The third-order valence-corrected chi connectivity index (χ3v) is 3.73. The quantitative estimate of drug-likeness (QED) is 0.900. The minimum Gasteiger partial charge on any atom is -0.481 e. The number of hydrogen-bond acceptors (Lipinski definition) is 3. The second-order valence-electron chi connectivity index (χ2n) is 5.04. The third-order valence-electron chi connectivity index (χ3n) is 3.73. The molecular weight excluding hydrogens is 244 g/mol. The number of carbonyl (C=O) groups is 1. The topological polar surface area (TPSA) is 68.3 Å². The van der Waals surface area contributed by atoms with E-state index in [1.165, 1.54) is 0 Å². The minimum atomic E-state index is -0.730. The molecule has 5 heteroatoms. The molecule has 1 unspecified atom stereocenters. The highest BCUT2D eigenvalue weighted by Crippen LogP contribution is 2.31. The number of fused-ring (bicyclic) bond motifs is 1. The van der Waals surface area contributed by atoms with Gasteiger partial charge in [0.05, 0.1) is 5.92 Å². The molecular formula is C14H16N2O3. The lowest BCUT2D eigenvalue weighted by Crippen LogP contribution is -2.25. The molecule has 5 nitrogen and oxygen atoms in total. The van der Waals surface area contributed by atoms with Gasteiger partial charge < -0.3 is 14.1 Å². The van der Waals surface area contributed by atoms with Crippen molar-refractivity contribution in [3.63, 3.8) is 0 Å². The summed E-state index contributed by atoms with van der Waals surface area (Å²) in [6.07, 6.45) is 1.18. The molecule has 0 aliphatic carbocycles. The number of rotatable bonds is 2. The van der Waals surface area contributed by atoms with Crippen molar-refractivity contribution in [2.45, 2.75) is 33.2 Å². The largest absolute Gasteiger partial charge is 0.481 e. The summed E-state index contributed by atoms with van der Waals surface area (Å²) in [7, 11) is 0. The van der Waals surface area contributed by atoms with Gasteiger partial charge in [-0.25, -0.2) is 4.98 Å². The Morgan fingerprint density at radius 3 is 2.89 bits per heavy atom. The van der Waals surface area contributed by atoms with Crippen LogP contribution in [0.2, 0.25) is 0 Å². The highest BCUT2D eigenvalue weighted by molar-refractivity contribution is 5.71. The standard InChI is InChI=1S/C14H16N2O3/c1-8-3-4-12(19-8)13-11-7-10(14(17)18)5-6-16(11)9(2)15-13/h3-4,10H,5-7H2,1-2H3,(H,17,18). The molecule has 1 atom stereocenters. The average molecular weight is 260 g/mol. The Labute approximate surface area is 110 Å². The van der Waals surface area contributed by atoms with Crippen LogP contribution in [0.15, 0.2) is 16.5 Å². The molecule has 2 aromatic heterocycles. The zero-order valence-electron chi connectivity index (χ0n) is 11.0. The maximum Gasteiger partial charge on any atom is 0.306 e. The number of carboxylic acids is 1. The van der Waals surface area contributed by atoms with Gasteiger partial charge in [-0.1, -0.05) is 0 Å². The number of aryl methyl sites for hydroxylation is 2. The normalized spacial score (nSPS) is 18.3. The zero-order valence-corrected chi connectivity index (χ0v) is 11.0. The summed E-state index contributed by atoms with van der Waals surface area (Å²) in [6, 6.07) is 3.79. The Hall–Kier alpha value is -2.04.